The Hall–Kier alpha value is -0.690. The number of hydrogen-bond acceptors (Lipinski definition) is 5. The summed E-state index contributed by atoms with van der Waals surface area (Å²) in [5, 5.41) is 9.16. The smallest absolute Gasteiger partial charge is 0.233 e. The van der Waals surface area contributed by atoms with Gasteiger partial charge in [-0.2, -0.15) is 0 Å². The molecule has 6 heteroatoms. The zero-order valence-electron chi connectivity index (χ0n) is 10.6. The first kappa shape index (κ1) is 14.4. The lowest BCUT2D eigenvalue weighted by Crippen LogP contribution is -2.54. The van der Waals surface area contributed by atoms with Crippen molar-refractivity contribution in [3.05, 3.63) is 0 Å². The van der Waals surface area contributed by atoms with Crippen molar-refractivity contribution in [2.24, 2.45) is 5.84 Å². The number of hydrogen-bond donors (Lipinski definition) is 3. The van der Waals surface area contributed by atoms with E-state index >= 15 is 0 Å². The average molecular weight is 245 g/mol. The molecule has 1 aliphatic rings. The number of ether oxygens (including phenoxy) is 1. The zero-order valence-corrected chi connectivity index (χ0v) is 10.6. The molecule has 1 rings (SSSR count). The van der Waals surface area contributed by atoms with Gasteiger partial charge < -0.3 is 9.84 Å². The van der Waals surface area contributed by atoms with Crippen LogP contribution in [0.3, 0.4) is 0 Å². The Kier molecular flexibility index (Phi) is 5.32. The van der Waals surface area contributed by atoms with E-state index in [1.54, 1.807) is 0 Å². The van der Waals surface area contributed by atoms with Crippen LogP contribution in [-0.2, 0) is 9.53 Å². The number of carbonyl (C=O) groups excluding carboxylic acids is 1. The van der Waals surface area contributed by atoms with Crippen LogP contribution < -0.4 is 11.3 Å². The first-order valence-corrected chi connectivity index (χ1v) is 5.97. The van der Waals surface area contributed by atoms with Gasteiger partial charge >= 0.3 is 0 Å². The van der Waals surface area contributed by atoms with E-state index in [1.807, 2.05) is 13.8 Å². The van der Waals surface area contributed by atoms with Crippen molar-refractivity contribution in [3.8, 4) is 0 Å². The molecular formula is C11H23N3O3. The van der Waals surface area contributed by atoms with Gasteiger partial charge in [0.05, 0.1) is 18.3 Å². The molecule has 4 N–H and O–H groups in total. The first-order chi connectivity index (χ1) is 7.96. The highest BCUT2D eigenvalue weighted by Crippen LogP contribution is 2.20. The number of aliphatic hydroxyl groups is 1. The predicted molar refractivity (Wildman–Crippen MR) is 64.0 cm³/mol. The van der Waals surface area contributed by atoms with Crippen molar-refractivity contribution in [2.75, 3.05) is 26.2 Å². The summed E-state index contributed by atoms with van der Waals surface area (Å²) in [6.45, 7) is 6.39. The highest BCUT2D eigenvalue weighted by atomic mass is 16.5. The molecule has 0 aromatic carbocycles. The molecule has 0 saturated carbocycles. The third kappa shape index (κ3) is 4.99. The summed E-state index contributed by atoms with van der Waals surface area (Å²) < 4.78 is 5.71. The van der Waals surface area contributed by atoms with Gasteiger partial charge in [0.1, 0.15) is 0 Å². The Balaban J connectivity index is 2.34. The molecule has 0 bridgehead atoms. The molecule has 1 saturated heterocycles. The van der Waals surface area contributed by atoms with Crippen molar-refractivity contribution in [1.82, 2.24) is 10.3 Å². The Labute approximate surface area is 102 Å². The van der Waals surface area contributed by atoms with Crippen LogP contribution in [0.4, 0.5) is 0 Å². The first-order valence-electron chi connectivity index (χ1n) is 5.97. The van der Waals surface area contributed by atoms with Gasteiger partial charge in [-0.3, -0.25) is 15.1 Å². The van der Waals surface area contributed by atoms with Gasteiger partial charge in [0.25, 0.3) is 0 Å². The van der Waals surface area contributed by atoms with Gasteiger partial charge in [0, 0.05) is 19.5 Å². The second-order valence-electron chi connectivity index (χ2n) is 5.09. The number of nitrogens with one attached hydrogen (secondary N) is 1. The molecule has 1 amide bonds. The molecule has 17 heavy (non-hydrogen) atoms. The van der Waals surface area contributed by atoms with Crippen LogP contribution in [0.25, 0.3) is 0 Å². The maximum Gasteiger partial charge on any atom is 0.233 e. The van der Waals surface area contributed by atoms with E-state index in [4.69, 9.17) is 15.7 Å². The Morgan fingerprint density at radius 2 is 2.35 bits per heavy atom. The molecule has 0 radical (unpaired) electrons. The topological polar surface area (TPSA) is 87.8 Å². The van der Waals surface area contributed by atoms with Crippen LogP contribution in [0.15, 0.2) is 0 Å². The maximum absolute atomic E-state index is 11.0. The van der Waals surface area contributed by atoms with E-state index in [0.717, 1.165) is 19.5 Å². The predicted octanol–water partition coefficient (Wildman–Crippen LogP) is -0.772. The third-order valence-electron chi connectivity index (χ3n) is 2.79. The van der Waals surface area contributed by atoms with Crippen molar-refractivity contribution >= 4 is 5.91 Å². The molecule has 1 atom stereocenters. The Bertz CT molecular complexity index is 258. The molecule has 0 aromatic rings. The van der Waals surface area contributed by atoms with Crippen LogP contribution in [-0.4, -0.2) is 53.9 Å². The highest BCUT2D eigenvalue weighted by molar-refractivity contribution is 5.75. The van der Waals surface area contributed by atoms with Crippen molar-refractivity contribution in [1.29, 1.82) is 0 Å². The molecule has 6 nitrogen and oxygen atoms in total. The van der Waals surface area contributed by atoms with Gasteiger partial charge in [-0.05, 0) is 26.8 Å². The van der Waals surface area contributed by atoms with Gasteiger partial charge in [0.15, 0.2) is 0 Å². The number of rotatable bonds is 5. The summed E-state index contributed by atoms with van der Waals surface area (Å²) >= 11 is 0. The zero-order chi connectivity index (χ0) is 12.9. The summed E-state index contributed by atoms with van der Waals surface area (Å²) in [5.41, 5.74) is 1.87. The van der Waals surface area contributed by atoms with E-state index in [-0.39, 0.29) is 24.2 Å². The van der Waals surface area contributed by atoms with Crippen LogP contribution in [0, 0.1) is 0 Å². The number of nitrogens with zero attached hydrogens (tertiary/aromatic N) is 1. The standard InChI is InChI=1S/C11H23N3O3/c1-11(2)8-14(6-9(7-15)17-11)5-3-4-10(16)13-12/h9,15H,3-8,12H2,1-2H3,(H,13,16). The molecule has 0 aliphatic carbocycles. The molecule has 1 heterocycles. The minimum absolute atomic E-state index is 0.0310. The fourth-order valence-corrected chi connectivity index (χ4v) is 2.22. The van der Waals surface area contributed by atoms with Crippen LogP contribution in [0.5, 0.6) is 0 Å². The Morgan fingerprint density at radius 1 is 1.65 bits per heavy atom. The fourth-order valence-electron chi connectivity index (χ4n) is 2.22. The number of amides is 1. The van der Waals surface area contributed by atoms with Crippen LogP contribution in [0.1, 0.15) is 26.7 Å². The van der Waals surface area contributed by atoms with Crippen LogP contribution in [0.2, 0.25) is 0 Å². The monoisotopic (exact) mass is 245 g/mol. The van der Waals surface area contributed by atoms with Crippen molar-refractivity contribution in [3.63, 3.8) is 0 Å². The fraction of sp³-hybridized carbons (Fsp3) is 0.909. The normalized spacial score (nSPS) is 24.6. The van der Waals surface area contributed by atoms with Crippen molar-refractivity contribution < 1.29 is 14.6 Å². The SMILES string of the molecule is CC1(C)CN(CCCC(=O)NN)CC(CO)O1. The quantitative estimate of drug-likeness (QED) is 0.336. The van der Waals surface area contributed by atoms with E-state index in [0.29, 0.717) is 13.0 Å². The molecule has 100 valence electrons. The molecule has 1 aliphatic heterocycles. The molecular weight excluding hydrogens is 222 g/mol. The number of morpholine rings is 1. The number of carbonyl (C=O) groups is 1. The molecule has 1 fully saturated rings. The van der Waals surface area contributed by atoms with E-state index in [2.05, 4.69) is 10.3 Å². The van der Waals surface area contributed by atoms with Gasteiger partial charge in [0.2, 0.25) is 5.91 Å². The third-order valence-corrected chi connectivity index (χ3v) is 2.79. The molecule has 0 spiro atoms. The lowest BCUT2D eigenvalue weighted by Gasteiger charge is -2.42. The summed E-state index contributed by atoms with van der Waals surface area (Å²) in [7, 11) is 0. The van der Waals surface area contributed by atoms with Crippen LogP contribution >= 0.6 is 0 Å². The average Bonchev–Trinajstić information content (AvgIpc) is 2.26. The number of aliphatic hydroxyl groups excluding tert-OH is 1. The minimum atomic E-state index is -0.248. The number of nitrogens with two attached hydrogens (primary N) is 1. The molecule has 1 unspecified atom stereocenters. The minimum Gasteiger partial charge on any atom is -0.394 e. The lowest BCUT2D eigenvalue weighted by molar-refractivity contribution is -0.149. The number of hydrazine groups is 1. The van der Waals surface area contributed by atoms with E-state index in [1.165, 1.54) is 0 Å². The lowest BCUT2D eigenvalue weighted by atomic mass is 10.0. The van der Waals surface area contributed by atoms with Gasteiger partial charge in [-0.25, -0.2) is 5.84 Å². The van der Waals surface area contributed by atoms with Crippen molar-refractivity contribution in [2.45, 2.75) is 38.4 Å². The molecule has 0 aromatic heterocycles. The summed E-state index contributed by atoms with van der Waals surface area (Å²) in [6.07, 6.45) is 1.05. The second kappa shape index (κ2) is 6.30. The second-order valence-corrected chi connectivity index (χ2v) is 5.09. The summed E-state index contributed by atoms with van der Waals surface area (Å²) in [4.78, 5) is 13.2. The highest BCUT2D eigenvalue weighted by Gasteiger charge is 2.32. The Morgan fingerprint density at radius 3 is 2.94 bits per heavy atom. The summed E-state index contributed by atoms with van der Waals surface area (Å²) in [6, 6.07) is 0. The summed E-state index contributed by atoms with van der Waals surface area (Å²) in [5.74, 6) is 4.87. The maximum atomic E-state index is 11.0. The largest absolute Gasteiger partial charge is 0.394 e. The van der Waals surface area contributed by atoms with Gasteiger partial charge in [-0.15, -0.1) is 0 Å². The van der Waals surface area contributed by atoms with E-state index in [9.17, 15) is 4.79 Å². The van der Waals surface area contributed by atoms with Gasteiger partial charge in [-0.1, -0.05) is 0 Å². The van der Waals surface area contributed by atoms with E-state index < -0.39 is 0 Å².